The van der Waals surface area contributed by atoms with Crippen LogP contribution in [0.25, 0.3) is 0 Å². The number of ether oxygens (including phenoxy) is 1. The molecule has 0 rings (SSSR count). The summed E-state index contributed by atoms with van der Waals surface area (Å²) in [5.74, 6) is -0.204. The van der Waals surface area contributed by atoms with E-state index in [2.05, 4.69) is 6.92 Å². The van der Waals surface area contributed by atoms with Crippen LogP contribution in [0.2, 0.25) is 0 Å². The minimum Gasteiger partial charge on any atom is -0.468 e. The number of hydrogen-bond acceptors (Lipinski definition) is 4. The zero-order valence-corrected chi connectivity index (χ0v) is 11.8. The highest BCUT2D eigenvalue weighted by atomic mass is 16.5. The number of carbonyl (C=O) groups is 1. The van der Waals surface area contributed by atoms with Crippen molar-refractivity contribution in [3.63, 3.8) is 0 Å². The summed E-state index contributed by atoms with van der Waals surface area (Å²) < 4.78 is 4.84. The number of esters is 1. The van der Waals surface area contributed by atoms with Gasteiger partial charge in [0.05, 0.1) is 12.7 Å². The monoisotopic (exact) mass is 245 g/mol. The molecule has 1 unspecified atom stereocenters. The lowest BCUT2D eigenvalue weighted by atomic mass is 10.0. The molecular weight excluding hydrogens is 218 g/mol. The Hall–Kier alpha value is -0.610. The van der Waals surface area contributed by atoms with Gasteiger partial charge in [-0.25, -0.2) is 0 Å². The highest BCUT2D eigenvalue weighted by Crippen LogP contribution is 2.14. The second-order valence-electron chi connectivity index (χ2n) is 5.06. The number of rotatable bonds is 8. The molecule has 0 bridgehead atoms. The molecule has 1 N–H and O–H groups in total. The van der Waals surface area contributed by atoms with Gasteiger partial charge in [0.1, 0.15) is 6.04 Å². The fourth-order valence-corrected chi connectivity index (χ4v) is 1.92. The van der Waals surface area contributed by atoms with E-state index in [0.29, 0.717) is 6.54 Å². The number of aliphatic hydroxyl groups is 1. The minimum atomic E-state index is -0.797. The topological polar surface area (TPSA) is 49.8 Å². The molecule has 1 atom stereocenters. The summed E-state index contributed by atoms with van der Waals surface area (Å²) in [7, 11) is 1.42. The molecule has 0 saturated heterocycles. The van der Waals surface area contributed by atoms with Crippen molar-refractivity contribution in [2.75, 3.05) is 20.2 Å². The second kappa shape index (κ2) is 7.67. The Bertz CT molecular complexity index is 223. The van der Waals surface area contributed by atoms with Crippen molar-refractivity contribution in [2.45, 2.75) is 58.6 Å². The third kappa shape index (κ3) is 6.64. The molecule has 0 radical (unpaired) electrons. The summed E-state index contributed by atoms with van der Waals surface area (Å²) >= 11 is 0. The predicted molar refractivity (Wildman–Crippen MR) is 68.9 cm³/mol. The lowest BCUT2D eigenvalue weighted by Gasteiger charge is -2.33. The average Bonchev–Trinajstić information content (AvgIpc) is 2.25. The maximum absolute atomic E-state index is 11.8. The SMILES string of the molecule is CCCCC(C(=O)OC)N(CC)CC(C)(C)O. The van der Waals surface area contributed by atoms with E-state index in [1.807, 2.05) is 11.8 Å². The normalized spacial score (nSPS) is 13.8. The number of hydrogen-bond donors (Lipinski definition) is 1. The summed E-state index contributed by atoms with van der Waals surface area (Å²) in [6, 6.07) is -0.239. The fourth-order valence-electron chi connectivity index (χ4n) is 1.92. The van der Waals surface area contributed by atoms with Crippen LogP contribution in [0.5, 0.6) is 0 Å². The van der Waals surface area contributed by atoms with Gasteiger partial charge in [0.25, 0.3) is 0 Å². The second-order valence-corrected chi connectivity index (χ2v) is 5.06. The number of carbonyl (C=O) groups excluding carboxylic acids is 1. The van der Waals surface area contributed by atoms with Crippen molar-refractivity contribution in [2.24, 2.45) is 0 Å². The maximum Gasteiger partial charge on any atom is 0.323 e. The molecule has 0 fully saturated rings. The predicted octanol–water partition coefficient (Wildman–Crippen LogP) is 1.81. The van der Waals surface area contributed by atoms with Gasteiger partial charge in [0.15, 0.2) is 0 Å². The Balaban J connectivity index is 4.65. The van der Waals surface area contributed by atoms with Gasteiger partial charge in [-0.3, -0.25) is 9.69 Å². The number of methoxy groups -OCH3 is 1. The first-order chi connectivity index (χ1) is 7.85. The lowest BCUT2D eigenvalue weighted by Crippen LogP contribution is -2.48. The first kappa shape index (κ1) is 16.4. The van der Waals surface area contributed by atoms with E-state index in [9.17, 15) is 9.90 Å². The van der Waals surface area contributed by atoms with E-state index in [0.717, 1.165) is 25.8 Å². The first-order valence-corrected chi connectivity index (χ1v) is 6.40. The van der Waals surface area contributed by atoms with E-state index < -0.39 is 5.60 Å². The molecule has 0 spiro atoms. The van der Waals surface area contributed by atoms with E-state index in [4.69, 9.17) is 4.74 Å². The van der Waals surface area contributed by atoms with Gasteiger partial charge < -0.3 is 9.84 Å². The Morgan fingerprint density at radius 1 is 1.41 bits per heavy atom. The molecule has 4 nitrogen and oxygen atoms in total. The highest BCUT2D eigenvalue weighted by molar-refractivity contribution is 5.75. The lowest BCUT2D eigenvalue weighted by molar-refractivity contribution is -0.148. The molecule has 0 aromatic heterocycles. The van der Waals surface area contributed by atoms with Crippen LogP contribution < -0.4 is 0 Å². The molecule has 0 aliphatic rings. The Morgan fingerprint density at radius 3 is 2.35 bits per heavy atom. The molecule has 0 aromatic rings. The van der Waals surface area contributed by atoms with Gasteiger partial charge in [-0.1, -0.05) is 26.7 Å². The van der Waals surface area contributed by atoms with Crippen LogP contribution in [0.4, 0.5) is 0 Å². The standard InChI is InChI=1S/C13H27NO3/c1-6-8-9-11(12(15)17-5)14(7-2)10-13(3,4)16/h11,16H,6-10H2,1-5H3. The molecule has 0 saturated carbocycles. The van der Waals surface area contributed by atoms with E-state index >= 15 is 0 Å². The third-order valence-corrected chi connectivity index (χ3v) is 2.74. The van der Waals surface area contributed by atoms with Gasteiger partial charge in [0, 0.05) is 6.54 Å². The molecule has 4 heteroatoms. The van der Waals surface area contributed by atoms with E-state index in [1.54, 1.807) is 13.8 Å². The molecule has 0 aliphatic heterocycles. The van der Waals surface area contributed by atoms with E-state index in [1.165, 1.54) is 7.11 Å². The molecule has 17 heavy (non-hydrogen) atoms. The van der Waals surface area contributed by atoms with Crippen LogP contribution in [0, 0.1) is 0 Å². The molecule has 0 amide bonds. The summed E-state index contributed by atoms with van der Waals surface area (Å²) in [6.45, 7) is 8.81. The third-order valence-electron chi connectivity index (χ3n) is 2.74. The van der Waals surface area contributed by atoms with Crippen LogP contribution in [-0.2, 0) is 9.53 Å². The molecule has 0 heterocycles. The van der Waals surface area contributed by atoms with Crippen molar-refractivity contribution in [1.82, 2.24) is 4.90 Å². The molecular formula is C13H27NO3. The molecule has 0 aromatic carbocycles. The van der Waals surface area contributed by atoms with Crippen LogP contribution in [-0.4, -0.2) is 47.8 Å². The van der Waals surface area contributed by atoms with Crippen molar-refractivity contribution in [3.8, 4) is 0 Å². The summed E-state index contributed by atoms with van der Waals surface area (Å²) in [4.78, 5) is 13.7. The van der Waals surface area contributed by atoms with Gasteiger partial charge in [-0.05, 0) is 26.8 Å². The summed E-state index contributed by atoms with van der Waals surface area (Å²) in [6.07, 6.45) is 2.82. The van der Waals surface area contributed by atoms with Gasteiger partial charge in [-0.2, -0.15) is 0 Å². The van der Waals surface area contributed by atoms with Crippen molar-refractivity contribution in [1.29, 1.82) is 0 Å². The zero-order chi connectivity index (χ0) is 13.5. The quantitative estimate of drug-likeness (QED) is 0.663. The van der Waals surface area contributed by atoms with Crippen molar-refractivity contribution in [3.05, 3.63) is 0 Å². The van der Waals surface area contributed by atoms with Crippen LogP contribution in [0.15, 0.2) is 0 Å². The maximum atomic E-state index is 11.8. The van der Waals surface area contributed by atoms with Gasteiger partial charge in [-0.15, -0.1) is 0 Å². The first-order valence-electron chi connectivity index (χ1n) is 6.40. The van der Waals surface area contributed by atoms with Crippen molar-refractivity contribution < 1.29 is 14.6 Å². The Labute approximate surface area is 105 Å². The van der Waals surface area contributed by atoms with Gasteiger partial charge in [0.2, 0.25) is 0 Å². The Kier molecular flexibility index (Phi) is 7.39. The van der Waals surface area contributed by atoms with Crippen molar-refractivity contribution >= 4 is 5.97 Å². The Morgan fingerprint density at radius 2 is 2.00 bits per heavy atom. The van der Waals surface area contributed by atoms with Gasteiger partial charge >= 0.3 is 5.97 Å². The largest absolute Gasteiger partial charge is 0.468 e. The number of nitrogens with zero attached hydrogens (tertiary/aromatic N) is 1. The zero-order valence-electron chi connectivity index (χ0n) is 11.8. The number of unbranched alkanes of at least 4 members (excludes halogenated alkanes) is 1. The summed E-state index contributed by atoms with van der Waals surface area (Å²) in [5, 5.41) is 9.85. The summed E-state index contributed by atoms with van der Waals surface area (Å²) in [5.41, 5.74) is -0.797. The average molecular weight is 245 g/mol. The fraction of sp³-hybridized carbons (Fsp3) is 0.923. The van der Waals surface area contributed by atoms with Crippen LogP contribution >= 0.6 is 0 Å². The van der Waals surface area contributed by atoms with E-state index in [-0.39, 0.29) is 12.0 Å². The smallest absolute Gasteiger partial charge is 0.323 e. The number of likely N-dealkylation sites (N-methyl/N-ethyl adjacent to an activating group) is 1. The van der Waals surface area contributed by atoms with Crippen LogP contribution in [0.1, 0.15) is 47.0 Å². The minimum absolute atomic E-state index is 0.204. The highest BCUT2D eigenvalue weighted by Gasteiger charge is 2.28. The molecule has 0 aliphatic carbocycles. The van der Waals surface area contributed by atoms with Crippen LogP contribution in [0.3, 0.4) is 0 Å². The molecule has 102 valence electrons.